The number of carboxylic acid groups (broad SMARTS) is 2. The van der Waals surface area contributed by atoms with Crippen LogP contribution in [0.5, 0.6) is 0 Å². The lowest BCUT2D eigenvalue weighted by Gasteiger charge is -2.36. The Balaban J connectivity index is -0.000000301. The van der Waals surface area contributed by atoms with Crippen molar-refractivity contribution in [2.75, 3.05) is 54.5 Å². The van der Waals surface area contributed by atoms with Crippen molar-refractivity contribution in [3.05, 3.63) is 0 Å². The molecular formula is C17H40N2O5. The standard InChI is InChI=1S/2C8H20NO.CH2O3/c2*1-6-9(4,7-2)8(3)10-5;2-1(3)4/h2*8H,6-7H2,1-5H3;(H2,2,3,4)/q2*+1;/p-2. The first-order valence-electron chi connectivity index (χ1n) is 8.56. The summed E-state index contributed by atoms with van der Waals surface area (Å²) in [5.74, 6) is 0. The Morgan fingerprint density at radius 2 is 0.958 bits per heavy atom. The van der Waals surface area contributed by atoms with Gasteiger partial charge in [-0.1, -0.05) is 0 Å². The molecule has 148 valence electrons. The lowest BCUT2D eigenvalue weighted by atomic mass is 10.4. The first-order valence-corrected chi connectivity index (χ1v) is 8.56. The minimum absolute atomic E-state index is 0.315. The summed E-state index contributed by atoms with van der Waals surface area (Å²) in [4.78, 5) is 8.33. The number of ether oxygens (including phenoxy) is 2. The second-order valence-corrected chi connectivity index (χ2v) is 6.14. The van der Waals surface area contributed by atoms with E-state index in [0.29, 0.717) is 12.5 Å². The Labute approximate surface area is 149 Å². The molecule has 0 heterocycles. The van der Waals surface area contributed by atoms with Gasteiger partial charge in [-0.3, -0.25) is 0 Å². The highest BCUT2D eigenvalue weighted by atomic mass is 16.6. The summed E-state index contributed by atoms with van der Waals surface area (Å²) in [7, 11) is 7.97. The van der Waals surface area contributed by atoms with Gasteiger partial charge in [0.2, 0.25) is 0 Å². The van der Waals surface area contributed by atoms with E-state index in [1.165, 1.54) is 0 Å². The van der Waals surface area contributed by atoms with Crippen LogP contribution in [0.25, 0.3) is 0 Å². The first-order chi connectivity index (χ1) is 10.9. The zero-order valence-electron chi connectivity index (χ0n) is 17.4. The fraction of sp³-hybridized carbons (Fsp3) is 0.941. The average Bonchev–Trinajstić information content (AvgIpc) is 2.58. The molecule has 2 atom stereocenters. The molecule has 2 unspecified atom stereocenters. The van der Waals surface area contributed by atoms with Crippen molar-refractivity contribution in [1.29, 1.82) is 0 Å². The summed E-state index contributed by atoms with van der Waals surface area (Å²) in [6, 6.07) is 0. The molecule has 0 amide bonds. The zero-order chi connectivity index (χ0) is 20.0. The number of carbonyl (C=O) groups excluding carboxylic acids is 1. The predicted octanol–water partition coefficient (Wildman–Crippen LogP) is 0.483. The van der Waals surface area contributed by atoms with Crippen molar-refractivity contribution >= 4 is 6.16 Å². The van der Waals surface area contributed by atoms with Gasteiger partial charge in [0.05, 0.1) is 40.3 Å². The van der Waals surface area contributed by atoms with Crippen molar-refractivity contribution in [2.45, 2.75) is 54.0 Å². The highest BCUT2D eigenvalue weighted by Crippen LogP contribution is 2.09. The lowest BCUT2D eigenvalue weighted by molar-refractivity contribution is -0.949. The maximum atomic E-state index is 8.33. The highest BCUT2D eigenvalue weighted by Gasteiger charge is 2.24. The molecule has 0 spiro atoms. The Morgan fingerprint density at radius 1 is 0.792 bits per heavy atom. The van der Waals surface area contributed by atoms with Gasteiger partial charge in [0, 0.05) is 28.1 Å². The number of methoxy groups -OCH3 is 2. The molecule has 0 fully saturated rings. The summed E-state index contributed by atoms with van der Waals surface area (Å²) in [6.07, 6.45) is -1.70. The topological polar surface area (TPSA) is 81.7 Å². The molecule has 0 saturated heterocycles. The van der Waals surface area contributed by atoms with Gasteiger partial charge >= 0.3 is 0 Å². The number of quaternary nitrogens is 2. The number of carbonyl (C=O) groups is 1. The van der Waals surface area contributed by atoms with Gasteiger partial charge in [-0.15, -0.1) is 0 Å². The molecule has 0 aromatic carbocycles. The predicted molar refractivity (Wildman–Crippen MR) is 92.9 cm³/mol. The molecule has 0 aromatic rings. The molecule has 0 radical (unpaired) electrons. The van der Waals surface area contributed by atoms with Crippen LogP contribution in [0.15, 0.2) is 0 Å². The summed E-state index contributed by atoms with van der Waals surface area (Å²) in [5.41, 5.74) is 0. The Kier molecular flexibility index (Phi) is 16.8. The van der Waals surface area contributed by atoms with Crippen molar-refractivity contribution in [3.8, 4) is 0 Å². The summed E-state index contributed by atoms with van der Waals surface area (Å²) < 4.78 is 12.5. The van der Waals surface area contributed by atoms with Crippen LogP contribution < -0.4 is 10.2 Å². The third kappa shape index (κ3) is 11.6. The van der Waals surface area contributed by atoms with Gasteiger partial charge in [-0.05, 0) is 33.9 Å². The van der Waals surface area contributed by atoms with Crippen LogP contribution in [0.2, 0.25) is 0 Å². The molecule has 0 rings (SSSR count). The van der Waals surface area contributed by atoms with Crippen LogP contribution in [0, 0.1) is 0 Å². The van der Waals surface area contributed by atoms with E-state index in [4.69, 9.17) is 24.5 Å². The van der Waals surface area contributed by atoms with Gasteiger partial charge in [-0.25, -0.2) is 0 Å². The third-order valence-corrected chi connectivity index (χ3v) is 5.33. The third-order valence-electron chi connectivity index (χ3n) is 5.33. The van der Waals surface area contributed by atoms with Crippen LogP contribution in [0.4, 0.5) is 4.79 Å². The molecule has 0 aliphatic heterocycles. The van der Waals surface area contributed by atoms with Gasteiger partial charge < -0.3 is 33.4 Å². The Morgan fingerprint density at radius 3 is 1.00 bits per heavy atom. The van der Waals surface area contributed by atoms with Crippen LogP contribution in [-0.4, -0.2) is 82.1 Å². The maximum absolute atomic E-state index is 8.33. The molecular weight excluding hydrogens is 312 g/mol. The van der Waals surface area contributed by atoms with Crippen LogP contribution in [0.3, 0.4) is 0 Å². The van der Waals surface area contributed by atoms with Crippen molar-refractivity contribution < 1.29 is 33.4 Å². The molecule has 0 bridgehead atoms. The molecule has 0 N–H and O–H groups in total. The number of rotatable bonds is 8. The Bertz CT molecular complexity index is 277. The molecule has 7 heteroatoms. The van der Waals surface area contributed by atoms with E-state index >= 15 is 0 Å². The normalized spacial score (nSPS) is 13.8. The van der Waals surface area contributed by atoms with E-state index in [1.807, 2.05) is 0 Å². The second kappa shape index (κ2) is 14.5. The van der Waals surface area contributed by atoms with E-state index in [2.05, 4.69) is 55.6 Å². The molecule has 24 heavy (non-hydrogen) atoms. The van der Waals surface area contributed by atoms with Crippen molar-refractivity contribution in [1.82, 2.24) is 0 Å². The maximum Gasteiger partial charge on any atom is 0.189 e. The monoisotopic (exact) mass is 352 g/mol. The first kappa shape index (κ1) is 27.9. The van der Waals surface area contributed by atoms with E-state index < -0.39 is 6.16 Å². The summed E-state index contributed by atoms with van der Waals surface area (Å²) >= 11 is 0. The van der Waals surface area contributed by atoms with Crippen molar-refractivity contribution in [2.24, 2.45) is 0 Å². The van der Waals surface area contributed by atoms with Crippen LogP contribution in [-0.2, 0) is 9.47 Å². The average molecular weight is 353 g/mol. The van der Waals surface area contributed by atoms with Gasteiger partial charge in [0.15, 0.2) is 12.5 Å². The van der Waals surface area contributed by atoms with Gasteiger partial charge in [0.1, 0.15) is 0 Å². The quantitative estimate of drug-likeness (QED) is 0.469. The van der Waals surface area contributed by atoms with E-state index in [0.717, 1.165) is 35.1 Å². The Hall–Kier alpha value is -0.890. The minimum Gasteiger partial charge on any atom is -0.652 e. The second-order valence-electron chi connectivity index (χ2n) is 6.14. The molecule has 0 aliphatic carbocycles. The molecule has 0 aromatic heterocycles. The lowest BCUT2D eigenvalue weighted by Crippen LogP contribution is -2.51. The fourth-order valence-electron chi connectivity index (χ4n) is 1.98. The number of hydrogen-bond acceptors (Lipinski definition) is 5. The molecule has 0 aliphatic rings. The van der Waals surface area contributed by atoms with Crippen LogP contribution in [0.1, 0.15) is 41.5 Å². The van der Waals surface area contributed by atoms with E-state index in [9.17, 15) is 0 Å². The highest BCUT2D eigenvalue weighted by molar-refractivity contribution is 5.47. The van der Waals surface area contributed by atoms with E-state index in [1.54, 1.807) is 14.2 Å². The fourth-order valence-corrected chi connectivity index (χ4v) is 1.98. The summed E-state index contributed by atoms with van der Waals surface area (Å²) in [5, 5.41) is 16.7. The number of nitrogens with zero attached hydrogens (tertiary/aromatic N) is 2. The van der Waals surface area contributed by atoms with Gasteiger partial charge in [0.25, 0.3) is 0 Å². The van der Waals surface area contributed by atoms with Crippen molar-refractivity contribution in [3.63, 3.8) is 0 Å². The molecule has 0 saturated carbocycles. The SMILES string of the molecule is CC[N+](C)(CC)C(C)OC.CC[N+](C)(CC)C(C)OC.O=C([O-])[O-]. The smallest absolute Gasteiger partial charge is 0.189 e. The number of hydrogen-bond donors (Lipinski definition) is 0. The van der Waals surface area contributed by atoms with Gasteiger partial charge in [-0.2, -0.15) is 0 Å². The van der Waals surface area contributed by atoms with Crippen LogP contribution >= 0.6 is 0 Å². The molecule has 7 nitrogen and oxygen atoms in total. The summed E-state index contributed by atoms with van der Waals surface area (Å²) in [6.45, 7) is 17.5. The van der Waals surface area contributed by atoms with E-state index in [-0.39, 0.29) is 0 Å². The zero-order valence-corrected chi connectivity index (χ0v) is 17.4. The largest absolute Gasteiger partial charge is 0.652 e. The minimum atomic E-state index is -2.33.